The number of rotatable bonds is 5. The second-order valence-electron chi connectivity index (χ2n) is 5.67. The number of fused-ring (bicyclic) bond motifs is 1. The second kappa shape index (κ2) is 6.40. The lowest BCUT2D eigenvalue weighted by molar-refractivity contribution is 0.0835. The molecule has 1 saturated heterocycles. The molecule has 3 aromatic heterocycles. The highest BCUT2D eigenvalue weighted by Crippen LogP contribution is 2.26. The van der Waals surface area contributed by atoms with E-state index in [1.807, 2.05) is 10.5 Å². The van der Waals surface area contributed by atoms with Crippen molar-refractivity contribution in [2.45, 2.75) is 25.4 Å². The van der Waals surface area contributed by atoms with Crippen LogP contribution in [0.25, 0.3) is 5.65 Å². The Morgan fingerprint density at radius 2 is 2.38 bits per heavy atom. The Hall–Kier alpha value is -2.74. The number of imidazole rings is 1. The molecule has 24 heavy (non-hydrogen) atoms. The first-order valence-electron chi connectivity index (χ1n) is 7.94. The van der Waals surface area contributed by atoms with Crippen molar-refractivity contribution in [3.05, 3.63) is 48.0 Å². The van der Waals surface area contributed by atoms with Crippen LogP contribution >= 0.6 is 0 Å². The molecule has 0 radical (unpaired) electrons. The molecule has 0 spiro atoms. The number of aromatic nitrogens is 4. The molecule has 8 nitrogen and oxygen atoms in total. The summed E-state index contributed by atoms with van der Waals surface area (Å²) >= 11 is 0. The van der Waals surface area contributed by atoms with E-state index in [0.29, 0.717) is 30.2 Å². The Bertz CT molecular complexity index is 850. The van der Waals surface area contributed by atoms with Crippen LogP contribution < -0.4 is 5.32 Å². The number of carbonyl (C=O) groups is 1. The van der Waals surface area contributed by atoms with Gasteiger partial charge in [-0.2, -0.15) is 4.98 Å². The molecule has 1 amide bonds. The number of hydrogen-bond acceptors (Lipinski definition) is 6. The molecule has 1 aliphatic heterocycles. The van der Waals surface area contributed by atoms with E-state index in [-0.39, 0.29) is 12.0 Å². The van der Waals surface area contributed by atoms with Crippen LogP contribution in [0.15, 0.2) is 35.2 Å². The summed E-state index contributed by atoms with van der Waals surface area (Å²) in [6.45, 7) is 1.17. The normalized spacial score (nSPS) is 17.4. The minimum Gasteiger partial charge on any atom is -0.368 e. The third kappa shape index (κ3) is 3.00. The van der Waals surface area contributed by atoms with Gasteiger partial charge in [0.1, 0.15) is 11.8 Å². The average Bonchev–Trinajstić information content (AvgIpc) is 3.34. The van der Waals surface area contributed by atoms with Crippen molar-refractivity contribution in [2.75, 3.05) is 13.2 Å². The van der Waals surface area contributed by atoms with E-state index in [0.717, 1.165) is 25.1 Å². The molecule has 0 unspecified atom stereocenters. The number of amides is 1. The Morgan fingerprint density at radius 1 is 1.42 bits per heavy atom. The lowest BCUT2D eigenvalue weighted by Crippen LogP contribution is -2.26. The lowest BCUT2D eigenvalue weighted by Gasteiger charge is -2.04. The lowest BCUT2D eigenvalue weighted by atomic mass is 10.2. The van der Waals surface area contributed by atoms with E-state index in [1.54, 1.807) is 24.7 Å². The minimum atomic E-state index is -0.145. The van der Waals surface area contributed by atoms with E-state index >= 15 is 0 Å². The Labute approximate surface area is 137 Å². The molecule has 0 bridgehead atoms. The summed E-state index contributed by atoms with van der Waals surface area (Å²) in [5.74, 6) is 0.957. The van der Waals surface area contributed by atoms with E-state index in [2.05, 4.69) is 20.4 Å². The predicted molar refractivity (Wildman–Crippen MR) is 83.5 cm³/mol. The Morgan fingerprint density at radius 3 is 3.25 bits per heavy atom. The number of nitrogens with one attached hydrogen (secondary N) is 1. The summed E-state index contributed by atoms with van der Waals surface area (Å²) in [4.78, 5) is 20.7. The maximum absolute atomic E-state index is 12.2. The topological polar surface area (TPSA) is 94.5 Å². The standard InChI is InChI=1S/C16H17N5O3/c22-15(11-3-4-14-17-7-8-21(14)10-11)18-6-5-13-19-16(24-20-13)12-2-1-9-23-12/h3-4,7-8,10,12H,1-2,5-6,9H2,(H,18,22)/t12-/m0/s1. The molecule has 0 aliphatic carbocycles. The molecule has 8 heteroatoms. The van der Waals surface area contributed by atoms with E-state index < -0.39 is 0 Å². The van der Waals surface area contributed by atoms with Crippen LogP contribution in [0.1, 0.15) is 41.0 Å². The monoisotopic (exact) mass is 327 g/mol. The molecular weight excluding hydrogens is 310 g/mol. The van der Waals surface area contributed by atoms with Gasteiger partial charge in [-0.3, -0.25) is 4.79 Å². The Balaban J connectivity index is 1.32. The van der Waals surface area contributed by atoms with Crippen molar-refractivity contribution >= 4 is 11.6 Å². The zero-order valence-corrected chi connectivity index (χ0v) is 13.0. The van der Waals surface area contributed by atoms with E-state index in [1.165, 1.54) is 0 Å². The van der Waals surface area contributed by atoms with Crippen molar-refractivity contribution in [1.29, 1.82) is 0 Å². The van der Waals surface area contributed by atoms with Gasteiger partial charge in [0.05, 0.1) is 5.56 Å². The summed E-state index contributed by atoms with van der Waals surface area (Å²) in [6, 6.07) is 3.56. The van der Waals surface area contributed by atoms with Gasteiger partial charge in [-0.25, -0.2) is 4.98 Å². The smallest absolute Gasteiger partial charge is 0.255 e. The maximum Gasteiger partial charge on any atom is 0.255 e. The highest BCUT2D eigenvalue weighted by Gasteiger charge is 2.23. The summed E-state index contributed by atoms with van der Waals surface area (Å²) < 4.78 is 12.5. The van der Waals surface area contributed by atoms with Crippen molar-refractivity contribution in [3.8, 4) is 0 Å². The average molecular weight is 327 g/mol. The van der Waals surface area contributed by atoms with Gasteiger partial charge in [-0.05, 0) is 25.0 Å². The molecule has 0 aromatic carbocycles. The SMILES string of the molecule is O=C(NCCc1noc([C@@H]2CCCO2)n1)c1ccc2nccn2c1. The number of carbonyl (C=O) groups excluding carboxylic acids is 1. The predicted octanol–water partition coefficient (Wildman–Crippen LogP) is 1.54. The van der Waals surface area contributed by atoms with Gasteiger partial charge in [0.2, 0.25) is 0 Å². The Kier molecular flexibility index (Phi) is 3.96. The largest absolute Gasteiger partial charge is 0.368 e. The summed E-state index contributed by atoms with van der Waals surface area (Å²) in [5.41, 5.74) is 1.38. The summed E-state index contributed by atoms with van der Waals surface area (Å²) in [5, 5.41) is 6.79. The van der Waals surface area contributed by atoms with Gasteiger partial charge < -0.3 is 19.0 Å². The zero-order valence-electron chi connectivity index (χ0n) is 13.0. The van der Waals surface area contributed by atoms with Gasteiger partial charge in [0, 0.05) is 38.2 Å². The van der Waals surface area contributed by atoms with Gasteiger partial charge in [0.25, 0.3) is 11.8 Å². The maximum atomic E-state index is 12.2. The molecule has 3 aromatic rings. The van der Waals surface area contributed by atoms with Gasteiger partial charge in [-0.15, -0.1) is 0 Å². The summed E-state index contributed by atoms with van der Waals surface area (Å²) in [6.07, 6.45) is 7.60. The van der Waals surface area contributed by atoms with Crippen molar-refractivity contribution in [3.63, 3.8) is 0 Å². The zero-order chi connectivity index (χ0) is 16.4. The number of nitrogens with zero attached hydrogens (tertiary/aromatic N) is 4. The quantitative estimate of drug-likeness (QED) is 0.764. The fourth-order valence-electron chi connectivity index (χ4n) is 2.72. The van der Waals surface area contributed by atoms with Crippen molar-refractivity contribution in [1.82, 2.24) is 24.8 Å². The van der Waals surface area contributed by atoms with Gasteiger partial charge >= 0.3 is 0 Å². The molecule has 1 atom stereocenters. The van der Waals surface area contributed by atoms with Gasteiger partial charge in [0.15, 0.2) is 5.82 Å². The fourth-order valence-corrected chi connectivity index (χ4v) is 2.72. The minimum absolute atomic E-state index is 0.0808. The molecule has 1 fully saturated rings. The molecule has 4 rings (SSSR count). The van der Waals surface area contributed by atoms with Crippen LogP contribution in [0.2, 0.25) is 0 Å². The molecule has 1 aliphatic rings. The highest BCUT2D eigenvalue weighted by molar-refractivity contribution is 5.94. The van der Waals surface area contributed by atoms with Crippen LogP contribution in [-0.2, 0) is 11.2 Å². The number of hydrogen-bond donors (Lipinski definition) is 1. The first-order valence-corrected chi connectivity index (χ1v) is 7.94. The summed E-state index contributed by atoms with van der Waals surface area (Å²) in [7, 11) is 0. The molecule has 0 saturated carbocycles. The van der Waals surface area contributed by atoms with Crippen LogP contribution in [-0.4, -0.2) is 38.6 Å². The van der Waals surface area contributed by atoms with E-state index in [9.17, 15) is 4.79 Å². The van der Waals surface area contributed by atoms with Crippen LogP contribution in [0, 0.1) is 0 Å². The third-order valence-electron chi connectivity index (χ3n) is 3.97. The molecule has 4 heterocycles. The molecule has 1 N–H and O–H groups in total. The highest BCUT2D eigenvalue weighted by atomic mass is 16.5. The first kappa shape index (κ1) is 14.8. The first-order chi connectivity index (χ1) is 11.8. The van der Waals surface area contributed by atoms with Crippen molar-refractivity contribution < 1.29 is 14.1 Å². The fraction of sp³-hybridized carbons (Fsp3) is 0.375. The number of pyridine rings is 1. The molecular formula is C16H17N5O3. The van der Waals surface area contributed by atoms with Gasteiger partial charge in [-0.1, -0.05) is 5.16 Å². The van der Waals surface area contributed by atoms with Crippen LogP contribution in [0.4, 0.5) is 0 Å². The van der Waals surface area contributed by atoms with Crippen molar-refractivity contribution in [2.24, 2.45) is 0 Å². The second-order valence-corrected chi connectivity index (χ2v) is 5.67. The van der Waals surface area contributed by atoms with E-state index in [4.69, 9.17) is 9.26 Å². The molecule has 124 valence electrons. The van der Waals surface area contributed by atoms with Crippen LogP contribution in [0.3, 0.4) is 0 Å². The number of ether oxygens (including phenoxy) is 1. The van der Waals surface area contributed by atoms with Crippen LogP contribution in [0.5, 0.6) is 0 Å². The third-order valence-corrected chi connectivity index (χ3v) is 3.97.